The number of ketones is 2. The topological polar surface area (TPSA) is 183 Å². The molecular formula is C26H33ClN6O4. The van der Waals surface area contributed by atoms with Crippen molar-refractivity contribution in [2.75, 3.05) is 12.4 Å². The fourth-order valence-electron chi connectivity index (χ4n) is 3.60. The van der Waals surface area contributed by atoms with Gasteiger partial charge in [-0.1, -0.05) is 60.7 Å². The van der Waals surface area contributed by atoms with E-state index in [9.17, 15) is 19.2 Å². The van der Waals surface area contributed by atoms with Crippen LogP contribution in [0.25, 0.3) is 0 Å². The van der Waals surface area contributed by atoms with Gasteiger partial charge in [-0.3, -0.25) is 24.2 Å². The van der Waals surface area contributed by atoms with Crippen molar-refractivity contribution in [3.8, 4) is 0 Å². The van der Waals surface area contributed by atoms with E-state index in [1.54, 1.807) is 0 Å². The second-order valence-electron chi connectivity index (χ2n) is 8.48. The Hall–Kier alpha value is -3.76. The number of aliphatic imine (C=N–C) groups is 1. The minimum Gasteiger partial charge on any atom is -0.370 e. The monoisotopic (exact) mass is 528 g/mol. The zero-order valence-corrected chi connectivity index (χ0v) is 21.2. The normalized spacial score (nSPS) is 13.0. The predicted octanol–water partition coefficient (Wildman–Crippen LogP) is 0.199. The SMILES string of the molecule is NC(N)=NCCC[C@H](NC(=O)[C@H](Cc1ccccc1)NC(=O)[C@H](N)Cc1ccccc1)C(=O)C(=O)CCl. The van der Waals surface area contributed by atoms with Crippen molar-refractivity contribution in [3.05, 3.63) is 71.8 Å². The first-order chi connectivity index (χ1) is 17.7. The lowest BCUT2D eigenvalue weighted by atomic mass is 10.0. The number of benzene rings is 2. The Balaban J connectivity index is 2.18. The highest BCUT2D eigenvalue weighted by molar-refractivity contribution is 6.48. The lowest BCUT2D eigenvalue weighted by Gasteiger charge is -2.24. The lowest BCUT2D eigenvalue weighted by Crippen LogP contribution is -2.56. The molecule has 0 radical (unpaired) electrons. The van der Waals surface area contributed by atoms with Crippen LogP contribution < -0.4 is 27.8 Å². The van der Waals surface area contributed by atoms with Crippen molar-refractivity contribution in [2.45, 2.75) is 43.8 Å². The second kappa shape index (κ2) is 15.4. The molecule has 0 saturated heterocycles. The van der Waals surface area contributed by atoms with Gasteiger partial charge in [0.15, 0.2) is 5.96 Å². The van der Waals surface area contributed by atoms with Crippen LogP contribution in [0.15, 0.2) is 65.7 Å². The Labute approximate surface area is 221 Å². The summed E-state index contributed by atoms with van der Waals surface area (Å²) in [4.78, 5) is 54.7. The van der Waals surface area contributed by atoms with Crippen molar-refractivity contribution in [1.29, 1.82) is 0 Å². The van der Waals surface area contributed by atoms with E-state index in [1.807, 2.05) is 60.7 Å². The molecule has 0 unspecified atom stereocenters. The molecule has 0 spiro atoms. The Bertz CT molecular complexity index is 1080. The maximum atomic E-state index is 13.3. The molecule has 0 aliphatic carbocycles. The molecule has 0 fully saturated rings. The van der Waals surface area contributed by atoms with Crippen molar-refractivity contribution in [1.82, 2.24) is 10.6 Å². The van der Waals surface area contributed by atoms with Gasteiger partial charge >= 0.3 is 0 Å². The molecule has 2 amide bonds. The van der Waals surface area contributed by atoms with Crippen molar-refractivity contribution in [3.63, 3.8) is 0 Å². The van der Waals surface area contributed by atoms with Crippen LogP contribution in [0.5, 0.6) is 0 Å². The molecule has 0 aliphatic rings. The zero-order valence-electron chi connectivity index (χ0n) is 20.4. The summed E-state index contributed by atoms with van der Waals surface area (Å²) in [6, 6.07) is 15.2. The number of hydrogen-bond acceptors (Lipinski definition) is 6. The molecule has 0 aromatic heterocycles. The first-order valence-corrected chi connectivity index (χ1v) is 12.4. The fourth-order valence-corrected chi connectivity index (χ4v) is 3.74. The van der Waals surface area contributed by atoms with Crippen LogP contribution >= 0.6 is 11.6 Å². The number of hydrogen-bond donors (Lipinski definition) is 5. The molecule has 0 saturated carbocycles. The van der Waals surface area contributed by atoms with E-state index in [-0.39, 0.29) is 31.8 Å². The average Bonchev–Trinajstić information content (AvgIpc) is 2.89. The largest absolute Gasteiger partial charge is 0.370 e. The third kappa shape index (κ3) is 10.4. The van der Waals surface area contributed by atoms with E-state index < -0.39 is 47.4 Å². The maximum Gasteiger partial charge on any atom is 0.243 e. The summed E-state index contributed by atoms with van der Waals surface area (Å²) >= 11 is 5.56. The highest BCUT2D eigenvalue weighted by Crippen LogP contribution is 2.08. The van der Waals surface area contributed by atoms with E-state index in [2.05, 4.69) is 15.6 Å². The standard InChI is InChI=1S/C26H33ClN6O4/c27-16-22(34)23(35)20(12-7-13-31-26(29)30)32-25(37)21(15-18-10-5-2-6-11-18)33-24(36)19(28)14-17-8-3-1-4-9-17/h1-6,8-11,19-21H,7,12-16,28H2,(H,32,37)(H,33,36)(H4,29,30,31)/t19-,20+,21+/m1/s1. The maximum absolute atomic E-state index is 13.3. The summed E-state index contributed by atoms with van der Waals surface area (Å²) in [5.74, 6) is -3.45. The van der Waals surface area contributed by atoms with Gasteiger partial charge in [-0.25, -0.2) is 0 Å². The van der Waals surface area contributed by atoms with Gasteiger partial charge in [0, 0.05) is 13.0 Å². The Morgan fingerprint density at radius 3 is 1.89 bits per heavy atom. The Morgan fingerprint density at radius 1 is 0.811 bits per heavy atom. The van der Waals surface area contributed by atoms with Gasteiger partial charge in [-0.2, -0.15) is 0 Å². The smallest absolute Gasteiger partial charge is 0.243 e. The molecule has 8 N–H and O–H groups in total. The van der Waals surface area contributed by atoms with E-state index in [1.165, 1.54) is 0 Å². The predicted molar refractivity (Wildman–Crippen MR) is 143 cm³/mol. The summed E-state index contributed by atoms with van der Waals surface area (Å²) in [6.45, 7) is 0.204. The number of rotatable bonds is 15. The van der Waals surface area contributed by atoms with Crippen LogP contribution in [-0.4, -0.2) is 59.9 Å². The highest BCUT2D eigenvalue weighted by atomic mass is 35.5. The van der Waals surface area contributed by atoms with Crippen LogP contribution in [0.4, 0.5) is 0 Å². The van der Waals surface area contributed by atoms with Gasteiger partial charge in [0.05, 0.1) is 18.0 Å². The van der Waals surface area contributed by atoms with Gasteiger partial charge in [0.2, 0.25) is 23.4 Å². The summed E-state index contributed by atoms with van der Waals surface area (Å²) in [5.41, 5.74) is 18.4. The minimum atomic E-state index is -1.15. The molecular weight excluding hydrogens is 496 g/mol. The average molecular weight is 529 g/mol. The number of alkyl halides is 1. The van der Waals surface area contributed by atoms with Crippen LogP contribution in [-0.2, 0) is 32.0 Å². The number of Topliss-reactive ketones (excluding diaryl/α,β-unsaturated/α-hetero) is 2. The Kier molecular flexibility index (Phi) is 12.2. The minimum absolute atomic E-state index is 0.101. The van der Waals surface area contributed by atoms with Gasteiger partial charge in [0.25, 0.3) is 0 Å². The molecule has 0 bridgehead atoms. The third-order valence-electron chi connectivity index (χ3n) is 5.53. The number of halogens is 1. The molecule has 10 nitrogen and oxygen atoms in total. The first kappa shape index (κ1) is 29.5. The first-order valence-electron chi connectivity index (χ1n) is 11.8. The number of carbonyl (C=O) groups excluding carboxylic acids is 4. The second-order valence-corrected chi connectivity index (χ2v) is 8.75. The van der Waals surface area contributed by atoms with E-state index in [0.717, 1.165) is 11.1 Å². The molecule has 0 aliphatic heterocycles. The number of nitrogens with zero attached hydrogens (tertiary/aromatic N) is 1. The van der Waals surface area contributed by atoms with Gasteiger partial charge in [-0.15, -0.1) is 11.6 Å². The Morgan fingerprint density at radius 2 is 1.35 bits per heavy atom. The number of nitrogens with one attached hydrogen (secondary N) is 2. The number of nitrogens with two attached hydrogens (primary N) is 3. The molecule has 2 rings (SSSR count). The lowest BCUT2D eigenvalue weighted by molar-refractivity contribution is -0.138. The molecule has 2 aromatic rings. The zero-order chi connectivity index (χ0) is 27.2. The summed E-state index contributed by atoms with van der Waals surface area (Å²) in [6.07, 6.45) is 0.850. The van der Waals surface area contributed by atoms with Crippen molar-refractivity contribution in [2.24, 2.45) is 22.2 Å². The van der Waals surface area contributed by atoms with E-state index in [4.69, 9.17) is 28.8 Å². The van der Waals surface area contributed by atoms with Gasteiger partial charge in [-0.05, 0) is 30.4 Å². The molecule has 198 valence electrons. The number of amides is 2. The molecule has 37 heavy (non-hydrogen) atoms. The van der Waals surface area contributed by atoms with Crippen LogP contribution in [0, 0.1) is 0 Å². The third-order valence-corrected chi connectivity index (χ3v) is 5.77. The summed E-state index contributed by atoms with van der Waals surface area (Å²) in [5, 5.41) is 5.30. The van der Waals surface area contributed by atoms with E-state index in [0.29, 0.717) is 6.42 Å². The number of carbonyl (C=O) groups is 4. The number of guanidine groups is 1. The van der Waals surface area contributed by atoms with Crippen molar-refractivity contribution >= 4 is 40.9 Å². The van der Waals surface area contributed by atoms with Gasteiger partial charge in [0.1, 0.15) is 6.04 Å². The van der Waals surface area contributed by atoms with Crippen LogP contribution in [0.2, 0.25) is 0 Å². The van der Waals surface area contributed by atoms with Crippen LogP contribution in [0.3, 0.4) is 0 Å². The summed E-state index contributed by atoms with van der Waals surface area (Å²) < 4.78 is 0. The quantitative estimate of drug-likeness (QED) is 0.0718. The molecule has 2 aromatic carbocycles. The highest BCUT2D eigenvalue weighted by Gasteiger charge is 2.30. The summed E-state index contributed by atoms with van der Waals surface area (Å²) in [7, 11) is 0. The van der Waals surface area contributed by atoms with Gasteiger partial charge < -0.3 is 27.8 Å². The van der Waals surface area contributed by atoms with Crippen LogP contribution in [0.1, 0.15) is 24.0 Å². The molecule has 11 heteroatoms. The molecule has 0 heterocycles. The van der Waals surface area contributed by atoms with Crippen molar-refractivity contribution < 1.29 is 19.2 Å². The van der Waals surface area contributed by atoms with E-state index >= 15 is 0 Å². The molecule has 3 atom stereocenters. The fraction of sp³-hybridized carbons (Fsp3) is 0.346.